The fourth-order valence-corrected chi connectivity index (χ4v) is 2.32. The third kappa shape index (κ3) is 3.87. The molecule has 0 aliphatic carbocycles. The van der Waals surface area contributed by atoms with E-state index in [1.165, 1.54) is 0 Å². The van der Waals surface area contributed by atoms with Gasteiger partial charge >= 0.3 is 0 Å². The van der Waals surface area contributed by atoms with E-state index < -0.39 is 5.54 Å². The summed E-state index contributed by atoms with van der Waals surface area (Å²) in [6, 6.07) is 7.38. The highest BCUT2D eigenvalue weighted by Gasteiger charge is 2.19. The molecule has 1 heterocycles. The zero-order valence-corrected chi connectivity index (χ0v) is 13.8. The lowest BCUT2D eigenvalue weighted by atomic mass is 10.1. The molecule has 6 heteroatoms. The van der Waals surface area contributed by atoms with Crippen molar-refractivity contribution in [3.05, 3.63) is 46.7 Å². The minimum atomic E-state index is -0.453. The van der Waals surface area contributed by atoms with E-state index in [9.17, 15) is 4.79 Å². The number of nitrogens with zero attached hydrogens (tertiary/aromatic N) is 2. The van der Waals surface area contributed by atoms with Gasteiger partial charge in [0.05, 0.1) is 23.1 Å². The molecule has 1 aromatic heterocycles. The second-order valence-electron chi connectivity index (χ2n) is 5.92. The van der Waals surface area contributed by atoms with Crippen molar-refractivity contribution in [3.8, 4) is 5.69 Å². The van der Waals surface area contributed by atoms with Crippen LogP contribution in [0.25, 0.3) is 5.69 Å². The molecule has 3 N–H and O–H groups in total. The van der Waals surface area contributed by atoms with Crippen LogP contribution in [0.5, 0.6) is 0 Å². The van der Waals surface area contributed by atoms with Crippen molar-refractivity contribution in [2.75, 3.05) is 6.54 Å². The Morgan fingerprint density at radius 2 is 2.18 bits per heavy atom. The molecule has 0 aliphatic rings. The SMILES string of the molecule is CCc1c(C(=O)NCC(C)(C)N)cnn1-c1cccc(Cl)c1. The molecule has 22 heavy (non-hydrogen) atoms. The Bertz CT molecular complexity index is 673. The molecule has 1 amide bonds. The van der Waals surface area contributed by atoms with E-state index in [1.807, 2.05) is 39.0 Å². The van der Waals surface area contributed by atoms with Gasteiger partial charge in [0.1, 0.15) is 0 Å². The minimum Gasteiger partial charge on any atom is -0.350 e. The Morgan fingerprint density at radius 3 is 2.77 bits per heavy atom. The molecule has 0 fully saturated rings. The van der Waals surface area contributed by atoms with Gasteiger partial charge in [0, 0.05) is 17.1 Å². The van der Waals surface area contributed by atoms with Crippen LogP contribution in [0.1, 0.15) is 36.8 Å². The number of benzene rings is 1. The number of amides is 1. The quantitative estimate of drug-likeness (QED) is 0.889. The van der Waals surface area contributed by atoms with Crippen molar-refractivity contribution >= 4 is 17.5 Å². The first kappa shape index (κ1) is 16.5. The fraction of sp³-hybridized carbons (Fsp3) is 0.375. The zero-order chi connectivity index (χ0) is 16.3. The van der Waals surface area contributed by atoms with Gasteiger partial charge in [-0.15, -0.1) is 0 Å². The number of aromatic nitrogens is 2. The predicted molar refractivity (Wildman–Crippen MR) is 88.6 cm³/mol. The highest BCUT2D eigenvalue weighted by molar-refractivity contribution is 6.30. The number of carbonyl (C=O) groups excluding carboxylic acids is 1. The Labute approximate surface area is 135 Å². The lowest BCUT2D eigenvalue weighted by molar-refractivity contribution is 0.0945. The number of nitrogens with one attached hydrogen (secondary N) is 1. The first-order valence-electron chi connectivity index (χ1n) is 7.22. The Balaban J connectivity index is 2.30. The Kier molecular flexibility index (Phi) is 4.88. The van der Waals surface area contributed by atoms with E-state index >= 15 is 0 Å². The van der Waals surface area contributed by atoms with Crippen molar-refractivity contribution in [1.29, 1.82) is 0 Å². The standard InChI is InChI=1S/C16H21ClN4O/c1-4-14-13(15(22)19-10-16(2,3)18)9-20-21(14)12-7-5-6-11(17)8-12/h5-9H,4,10,18H2,1-3H3,(H,19,22). The summed E-state index contributed by atoms with van der Waals surface area (Å²) in [4.78, 5) is 12.3. The van der Waals surface area contributed by atoms with Crippen LogP contribution in [-0.4, -0.2) is 27.8 Å². The molecule has 5 nitrogen and oxygen atoms in total. The summed E-state index contributed by atoms with van der Waals surface area (Å²) >= 11 is 6.03. The monoisotopic (exact) mass is 320 g/mol. The fourth-order valence-electron chi connectivity index (χ4n) is 2.14. The molecule has 0 unspecified atom stereocenters. The van der Waals surface area contributed by atoms with Gasteiger partial charge in [0.25, 0.3) is 5.91 Å². The lowest BCUT2D eigenvalue weighted by Gasteiger charge is -2.18. The minimum absolute atomic E-state index is 0.163. The molecule has 2 aromatic rings. The van der Waals surface area contributed by atoms with Crippen LogP contribution in [0.3, 0.4) is 0 Å². The first-order valence-corrected chi connectivity index (χ1v) is 7.59. The van der Waals surface area contributed by atoms with Crippen LogP contribution in [0.15, 0.2) is 30.5 Å². The van der Waals surface area contributed by atoms with Crippen LogP contribution >= 0.6 is 11.6 Å². The maximum atomic E-state index is 12.3. The molecule has 0 aliphatic heterocycles. The van der Waals surface area contributed by atoms with Gasteiger partial charge in [0.15, 0.2) is 0 Å². The molecule has 118 valence electrons. The first-order chi connectivity index (χ1) is 10.3. The Morgan fingerprint density at radius 1 is 1.45 bits per heavy atom. The molecule has 0 radical (unpaired) electrons. The third-order valence-corrected chi connectivity index (χ3v) is 3.44. The van der Waals surface area contributed by atoms with Crippen LogP contribution in [0, 0.1) is 0 Å². The van der Waals surface area contributed by atoms with Crippen molar-refractivity contribution in [2.24, 2.45) is 5.73 Å². The van der Waals surface area contributed by atoms with E-state index in [0.717, 1.165) is 11.4 Å². The average Bonchev–Trinajstić information content (AvgIpc) is 2.87. The largest absolute Gasteiger partial charge is 0.350 e. The van der Waals surface area contributed by atoms with E-state index in [4.69, 9.17) is 17.3 Å². The van der Waals surface area contributed by atoms with Crippen molar-refractivity contribution in [1.82, 2.24) is 15.1 Å². The van der Waals surface area contributed by atoms with E-state index in [1.54, 1.807) is 16.9 Å². The Hall–Kier alpha value is -1.85. The van der Waals surface area contributed by atoms with Gasteiger partial charge in [-0.1, -0.05) is 24.6 Å². The predicted octanol–water partition coefficient (Wildman–Crippen LogP) is 2.56. The molecule has 0 saturated carbocycles. The molecule has 0 saturated heterocycles. The molecule has 2 rings (SSSR count). The maximum absolute atomic E-state index is 12.3. The summed E-state index contributed by atoms with van der Waals surface area (Å²) in [5.41, 5.74) is 7.68. The summed E-state index contributed by atoms with van der Waals surface area (Å²) in [7, 11) is 0. The van der Waals surface area contributed by atoms with Gasteiger partial charge in [-0.25, -0.2) is 4.68 Å². The summed E-state index contributed by atoms with van der Waals surface area (Å²) in [6.45, 7) is 6.12. The summed E-state index contributed by atoms with van der Waals surface area (Å²) in [5, 5.41) is 7.81. The number of hydrogen-bond donors (Lipinski definition) is 2. The molecule has 0 bridgehead atoms. The van der Waals surface area contributed by atoms with E-state index in [2.05, 4.69) is 10.4 Å². The molecular weight excluding hydrogens is 300 g/mol. The molecule has 0 spiro atoms. The lowest BCUT2D eigenvalue weighted by Crippen LogP contribution is -2.45. The summed E-state index contributed by atoms with van der Waals surface area (Å²) in [5.74, 6) is -0.163. The van der Waals surface area contributed by atoms with Gasteiger partial charge in [-0.2, -0.15) is 5.10 Å². The highest BCUT2D eigenvalue weighted by atomic mass is 35.5. The highest BCUT2D eigenvalue weighted by Crippen LogP contribution is 2.19. The van der Waals surface area contributed by atoms with Crippen LogP contribution in [-0.2, 0) is 6.42 Å². The zero-order valence-electron chi connectivity index (χ0n) is 13.1. The summed E-state index contributed by atoms with van der Waals surface area (Å²) in [6.07, 6.45) is 2.26. The van der Waals surface area contributed by atoms with Gasteiger partial charge in [-0.3, -0.25) is 4.79 Å². The van der Waals surface area contributed by atoms with E-state index in [-0.39, 0.29) is 5.91 Å². The smallest absolute Gasteiger partial charge is 0.254 e. The van der Waals surface area contributed by atoms with Crippen LogP contribution < -0.4 is 11.1 Å². The normalized spacial score (nSPS) is 11.5. The number of carbonyl (C=O) groups is 1. The second-order valence-corrected chi connectivity index (χ2v) is 6.36. The second kappa shape index (κ2) is 6.50. The molecular formula is C16H21ClN4O. The van der Waals surface area contributed by atoms with Crippen molar-refractivity contribution < 1.29 is 4.79 Å². The van der Waals surface area contributed by atoms with Gasteiger partial charge in [0.2, 0.25) is 0 Å². The number of nitrogens with two attached hydrogens (primary N) is 1. The molecule has 0 atom stereocenters. The van der Waals surface area contributed by atoms with Crippen molar-refractivity contribution in [3.63, 3.8) is 0 Å². The van der Waals surface area contributed by atoms with Crippen molar-refractivity contribution in [2.45, 2.75) is 32.7 Å². The van der Waals surface area contributed by atoms with Crippen LogP contribution in [0.4, 0.5) is 0 Å². The van der Waals surface area contributed by atoms with Gasteiger partial charge in [-0.05, 0) is 38.5 Å². The maximum Gasteiger partial charge on any atom is 0.254 e. The number of hydrogen-bond acceptors (Lipinski definition) is 3. The third-order valence-electron chi connectivity index (χ3n) is 3.21. The average molecular weight is 321 g/mol. The molecule has 1 aromatic carbocycles. The van der Waals surface area contributed by atoms with Gasteiger partial charge < -0.3 is 11.1 Å². The van der Waals surface area contributed by atoms with Crippen LogP contribution in [0.2, 0.25) is 5.02 Å². The number of rotatable bonds is 5. The number of halogens is 1. The summed E-state index contributed by atoms with van der Waals surface area (Å²) < 4.78 is 1.74. The topological polar surface area (TPSA) is 72.9 Å². The van der Waals surface area contributed by atoms with E-state index in [0.29, 0.717) is 23.6 Å².